The number of sulfone groups is 1. The van der Waals surface area contributed by atoms with Crippen LogP contribution < -0.4 is 4.74 Å². The van der Waals surface area contributed by atoms with Crippen molar-refractivity contribution in [1.29, 1.82) is 0 Å². The van der Waals surface area contributed by atoms with Crippen molar-refractivity contribution >= 4 is 15.8 Å². The Morgan fingerprint density at radius 2 is 1.88 bits per heavy atom. The molecule has 1 aromatic heterocycles. The molecule has 0 amide bonds. The molecule has 2 rings (SSSR count). The molecular weight excluding hydrogens is 348 g/mol. The van der Waals surface area contributed by atoms with Crippen molar-refractivity contribution in [3.05, 3.63) is 35.0 Å². The smallest absolute Gasteiger partial charge is 0.315 e. The summed E-state index contributed by atoms with van der Waals surface area (Å²) < 4.78 is 40.3. The lowest BCUT2D eigenvalue weighted by Crippen LogP contribution is -2.11. The number of ether oxygens (including phenoxy) is 2. The van der Waals surface area contributed by atoms with Crippen molar-refractivity contribution in [3.63, 3.8) is 0 Å². The van der Waals surface area contributed by atoms with Crippen LogP contribution in [0, 0.1) is 13.8 Å². The van der Waals surface area contributed by atoms with Gasteiger partial charge in [-0.2, -0.15) is 4.98 Å². The second-order valence-corrected chi connectivity index (χ2v) is 7.36. The van der Waals surface area contributed by atoms with Crippen molar-refractivity contribution in [3.8, 4) is 5.75 Å². The molecule has 0 saturated heterocycles. The summed E-state index contributed by atoms with van der Waals surface area (Å²) in [6.07, 6.45) is -0.193. The predicted molar refractivity (Wildman–Crippen MR) is 88.0 cm³/mol. The number of hydrogen-bond donors (Lipinski definition) is 0. The predicted octanol–water partition coefficient (Wildman–Crippen LogP) is 1.77. The Morgan fingerprint density at radius 3 is 2.44 bits per heavy atom. The van der Waals surface area contributed by atoms with Crippen LogP contribution in [0.1, 0.15) is 29.8 Å². The Morgan fingerprint density at radius 1 is 1.24 bits per heavy atom. The first-order chi connectivity index (χ1) is 11.8. The van der Waals surface area contributed by atoms with Crippen molar-refractivity contribution < 1.29 is 27.2 Å². The van der Waals surface area contributed by atoms with Crippen LogP contribution >= 0.6 is 0 Å². The SMILES string of the molecule is CCOC(=O)Cc1nc(CS(=O)(=O)c2c(C)cc(OC)cc2C)no1. The molecule has 8 nitrogen and oxygen atoms in total. The molecule has 0 spiro atoms. The fraction of sp³-hybridized carbons (Fsp3) is 0.438. The summed E-state index contributed by atoms with van der Waals surface area (Å²) >= 11 is 0. The number of hydrogen-bond acceptors (Lipinski definition) is 8. The fourth-order valence-electron chi connectivity index (χ4n) is 2.52. The molecule has 0 bridgehead atoms. The zero-order valence-corrected chi connectivity index (χ0v) is 15.3. The van der Waals surface area contributed by atoms with E-state index in [-0.39, 0.29) is 29.6 Å². The quantitative estimate of drug-likeness (QED) is 0.680. The van der Waals surface area contributed by atoms with Gasteiger partial charge in [0, 0.05) is 0 Å². The number of aromatic nitrogens is 2. The van der Waals surface area contributed by atoms with Gasteiger partial charge in [0.1, 0.15) is 17.9 Å². The second kappa shape index (κ2) is 7.64. The molecule has 0 saturated carbocycles. The first-order valence-corrected chi connectivity index (χ1v) is 9.27. The van der Waals surface area contributed by atoms with E-state index in [1.165, 1.54) is 7.11 Å². The summed E-state index contributed by atoms with van der Waals surface area (Å²) in [4.78, 5) is 15.6. The molecular formula is C16H20N2O6S. The molecule has 136 valence electrons. The highest BCUT2D eigenvalue weighted by Crippen LogP contribution is 2.27. The van der Waals surface area contributed by atoms with E-state index in [0.29, 0.717) is 16.9 Å². The highest BCUT2D eigenvalue weighted by molar-refractivity contribution is 7.90. The maximum absolute atomic E-state index is 12.7. The number of esters is 1. The van der Waals surface area contributed by atoms with Crippen LogP contribution in [0.4, 0.5) is 0 Å². The Labute approximate surface area is 146 Å². The van der Waals surface area contributed by atoms with Crippen molar-refractivity contribution in [2.24, 2.45) is 0 Å². The zero-order chi connectivity index (χ0) is 18.6. The molecule has 0 aliphatic heterocycles. The Hall–Kier alpha value is -2.42. The number of nitrogens with zero attached hydrogens (tertiary/aromatic N) is 2. The molecule has 2 aromatic rings. The summed E-state index contributed by atoms with van der Waals surface area (Å²) in [6.45, 7) is 5.32. The van der Waals surface area contributed by atoms with E-state index in [1.807, 2.05) is 0 Å². The van der Waals surface area contributed by atoms with E-state index < -0.39 is 21.6 Å². The van der Waals surface area contributed by atoms with Gasteiger partial charge in [0.05, 0.1) is 18.6 Å². The van der Waals surface area contributed by atoms with Crippen molar-refractivity contribution in [1.82, 2.24) is 10.1 Å². The minimum Gasteiger partial charge on any atom is -0.497 e. The Kier molecular flexibility index (Phi) is 5.78. The third-order valence-corrected chi connectivity index (χ3v) is 5.31. The summed E-state index contributed by atoms with van der Waals surface area (Å²) in [7, 11) is -2.16. The van der Waals surface area contributed by atoms with Gasteiger partial charge in [-0.1, -0.05) is 5.16 Å². The topological polar surface area (TPSA) is 109 Å². The Bertz CT molecular complexity index is 849. The molecule has 25 heavy (non-hydrogen) atoms. The normalized spacial score (nSPS) is 11.4. The molecule has 0 fully saturated rings. The molecule has 0 aliphatic rings. The number of methoxy groups -OCH3 is 1. The van der Waals surface area contributed by atoms with Crippen molar-refractivity contribution in [2.75, 3.05) is 13.7 Å². The molecule has 0 aliphatic carbocycles. The molecule has 0 N–H and O–H groups in total. The van der Waals surface area contributed by atoms with Crippen molar-refractivity contribution in [2.45, 2.75) is 37.8 Å². The monoisotopic (exact) mass is 368 g/mol. The lowest BCUT2D eigenvalue weighted by molar-refractivity contribution is -0.142. The average molecular weight is 368 g/mol. The zero-order valence-electron chi connectivity index (χ0n) is 14.5. The van der Waals surface area contributed by atoms with Gasteiger partial charge in [0.25, 0.3) is 0 Å². The lowest BCUT2D eigenvalue weighted by Gasteiger charge is -2.11. The third-order valence-electron chi connectivity index (χ3n) is 3.41. The number of carbonyl (C=O) groups is 1. The van der Waals surface area contributed by atoms with Gasteiger partial charge >= 0.3 is 5.97 Å². The molecule has 1 aromatic carbocycles. The van der Waals surface area contributed by atoms with Crippen LogP contribution in [0.5, 0.6) is 5.75 Å². The standard InChI is InChI=1S/C16H20N2O6S/c1-5-23-15(19)8-14-17-13(18-24-14)9-25(20,21)16-10(2)6-12(22-4)7-11(16)3/h6-7H,5,8-9H2,1-4H3. The lowest BCUT2D eigenvalue weighted by atomic mass is 10.1. The van der Waals surface area contributed by atoms with Gasteiger partial charge < -0.3 is 14.0 Å². The summed E-state index contributed by atoms with van der Waals surface area (Å²) in [5.74, 6) is -0.332. The maximum atomic E-state index is 12.7. The molecule has 1 heterocycles. The van der Waals surface area contributed by atoms with Gasteiger partial charge in [-0.25, -0.2) is 8.42 Å². The van der Waals surface area contributed by atoms with Crippen LogP contribution in [0.25, 0.3) is 0 Å². The van der Waals surface area contributed by atoms with Gasteiger partial charge in [-0.15, -0.1) is 0 Å². The van der Waals surface area contributed by atoms with E-state index in [2.05, 4.69) is 10.1 Å². The second-order valence-electron chi connectivity index (χ2n) is 5.44. The van der Waals surface area contributed by atoms with E-state index in [0.717, 1.165) is 0 Å². The number of benzene rings is 1. The molecule has 0 atom stereocenters. The van der Waals surface area contributed by atoms with E-state index >= 15 is 0 Å². The third kappa shape index (κ3) is 4.56. The van der Waals surface area contributed by atoms with E-state index in [1.54, 1.807) is 32.9 Å². The van der Waals surface area contributed by atoms with E-state index in [9.17, 15) is 13.2 Å². The van der Waals surface area contributed by atoms with Gasteiger partial charge in [-0.3, -0.25) is 4.79 Å². The summed E-state index contributed by atoms with van der Waals surface area (Å²) in [5.41, 5.74) is 1.15. The van der Waals surface area contributed by atoms with Gasteiger partial charge in [-0.05, 0) is 44.0 Å². The number of aryl methyl sites for hydroxylation is 2. The minimum absolute atomic E-state index is 0.00563. The molecule has 9 heteroatoms. The highest BCUT2D eigenvalue weighted by Gasteiger charge is 2.24. The van der Waals surface area contributed by atoms with Gasteiger partial charge in [0.2, 0.25) is 5.89 Å². The van der Waals surface area contributed by atoms with Crippen LogP contribution in [-0.4, -0.2) is 38.2 Å². The molecule has 0 unspecified atom stereocenters. The van der Waals surface area contributed by atoms with Crippen LogP contribution in [0.3, 0.4) is 0 Å². The first-order valence-electron chi connectivity index (χ1n) is 7.62. The van der Waals surface area contributed by atoms with Gasteiger partial charge in [0.15, 0.2) is 15.7 Å². The highest BCUT2D eigenvalue weighted by atomic mass is 32.2. The minimum atomic E-state index is -3.68. The number of rotatable bonds is 7. The average Bonchev–Trinajstić information content (AvgIpc) is 2.92. The van der Waals surface area contributed by atoms with E-state index in [4.69, 9.17) is 14.0 Å². The maximum Gasteiger partial charge on any atom is 0.315 e. The fourth-order valence-corrected chi connectivity index (χ4v) is 4.22. The first kappa shape index (κ1) is 18.9. The number of carbonyl (C=O) groups excluding carboxylic acids is 1. The Balaban J connectivity index is 2.23. The summed E-state index contributed by atoms with van der Waals surface area (Å²) in [5, 5.41) is 3.64. The van der Waals surface area contributed by atoms with Crippen LogP contribution in [-0.2, 0) is 31.5 Å². The summed E-state index contributed by atoms with van der Waals surface area (Å²) in [6, 6.07) is 3.31. The van der Waals surface area contributed by atoms with Crippen LogP contribution in [0.2, 0.25) is 0 Å². The molecule has 0 radical (unpaired) electrons. The van der Waals surface area contributed by atoms with Crippen LogP contribution in [0.15, 0.2) is 21.6 Å². The largest absolute Gasteiger partial charge is 0.497 e.